The molecule has 0 rings (SSSR count). The predicted octanol–water partition coefficient (Wildman–Crippen LogP) is 1.75. The summed E-state index contributed by atoms with van der Waals surface area (Å²) in [6.45, 7) is 4.94. The minimum absolute atomic E-state index is 0.135. The Balaban J connectivity index is 4.33. The third-order valence-electron chi connectivity index (χ3n) is 1.21. The van der Waals surface area contributed by atoms with E-state index < -0.39 is 18.6 Å². The first-order chi connectivity index (χ1) is 5.90. The fraction of sp³-hybridized carbons (Fsp3) is 0.375. The van der Waals surface area contributed by atoms with Crippen LogP contribution in [0.25, 0.3) is 0 Å². The zero-order chi connectivity index (χ0) is 10.5. The van der Waals surface area contributed by atoms with Crippen molar-refractivity contribution in [2.24, 2.45) is 0 Å². The molecule has 0 heterocycles. The van der Waals surface area contributed by atoms with Crippen LogP contribution in [0.3, 0.4) is 0 Å². The second kappa shape index (κ2) is 4.69. The number of rotatable bonds is 4. The van der Waals surface area contributed by atoms with Crippen molar-refractivity contribution in [3.8, 4) is 0 Å². The number of nitrogens with zero attached hydrogens (tertiary/aromatic N) is 1. The first-order valence-electron chi connectivity index (χ1n) is 3.49. The van der Waals surface area contributed by atoms with Gasteiger partial charge in [0.2, 0.25) is 5.91 Å². The predicted molar refractivity (Wildman–Crippen MR) is 43.0 cm³/mol. The molecular formula is C8H10F3NO. The first-order valence-corrected chi connectivity index (χ1v) is 3.49. The molecule has 0 unspecified atom stereocenters. The van der Waals surface area contributed by atoms with E-state index >= 15 is 0 Å². The molecule has 1 amide bonds. The lowest BCUT2D eigenvalue weighted by Crippen LogP contribution is -2.38. The van der Waals surface area contributed by atoms with Gasteiger partial charge in [-0.25, -0.2) is 0 Å². The minimum atomic E-state index is -4.39. The number of alkyl halides is 3. The number of hydrogen-bond donors (Lipinski definition) is 0. The van der Waals surface area contributed by atoms with Gasteiger partial charge in [0.25, 0.3) is 0 Å². The van der Waals surface area contributed by atoms with Gasteiger partial charge < -0.3 is 4.90 Å². The van der Waals surface area contributed by atoms with E-state index in [1.165, 1.54) is 6.08 Å². The van der Waals surface area contributed by atoms with E-state index in [0.717, 1.165) is 6.08 Å². The van der Waals surface area contributed by atoms with Crippen LogP contribution in [0.2, 0.25) is 0 Å². The summed E-state index contributed by atoms with van der Waals surface area (Å²) in [5.41, 5.74) is 0. The molecule has 0 radical (unpaired) electrons. The highest BCUT2D eigenvalue weighted by Gasteiger charge is 2.31. The Bertz CT molecular complexity index is 210. The van der Waals surface area contributed by atoms with Crippen molar-refractivity contribution in [2.45, 2.75) is 6.18 Å². The topological polar surface area (TPSA) is 20.3 Å². The molecular weight excluding hydrogens is 183 g/mol. The average Bonchev–Trinajstić information content (AvgIpc) is 2.00. The van der Waals surface area contributed by atoms with Gasteiger partial charge in [0, 0.05) is 6.54 Å². The van der Waals surface area contributed by atoms with Crippen molar-refractivity contribution >= 4 is 5.91 Å². The molecule has 0 fully saturated rings. The van der Waals surface area contributed by atoms with Crippen molar-refractivity contribution in [1.82, 2.24) is 4.90 Å². The number of carbonyl (C=O) groups excluding carboxylic acids is 1. The number of hydrogen-bond acceptors (Lipinski definition) is 1. The highest BCUT2D eigenvalue weighted by Crippen LogP contribution is 2.16. The molecule has 0 saturated carbocycles. The maximum Gasteiger partial charge on any atom is 0.406 e. The fourth-order valence-corrected chi connectivity index (χ4v) is 0.734. The Morgan fingerprint density at radius 2 is 1.92 bits per heavy atom. The lowest BCUT2D eigenvalue weighted by atomic mass is 10.4. The molecule has 0 spiro atoms. The maximum absolute atomic E-state index is 11.9. The van der Waals surface area contributed by atoms with E-state index in [9.17, 15) is 18.0 Å². The standard InChI is InChI=1S/C8H10F3NO/c1-3-5-12(7(13)4-2)6-8(9,10)11/h3-4H,1-2,5-6H2. The van der Waals surface area contributed by atoms with Crippen molar-refractivity contribution in [1.29, 1.82) is 0 Å². The van der Waals surface area contributed by atoms with Crippen LogP contribution in [0.5, 0.6) is 0 Å². The maximum atomic E-state index is 11.9. The summed E-state index contributed by atoms with van der Waals surface area (Å²) >= 11 is 0. The molecule has 5 heteroatoms. The molecule has 0 bridgehead atoms. The van der Waals surface area contributed by atoms with Crippen LogP contribution in [0.1, 0.15) is 0 Å². The van der Waals surface area contributed by atoms with Crippen molar-refractivity contribution in [2.75, 3.05) is 13.1 Å². The second-order valence-corrected chi connectivity index (χ2v) is 2.33. The van der Waals surface area contributed by atoms with Crippen LogP contribution in [-0.4, -0.2) is 30.1 Å². The Kier molecular flexibility index (Phi) is 4.23. The molecule has 0 aromatic heterocycles. The highest BCUT2D eigenvalue weighted by molar-refractivity contribution is 5.87. The summed E-state index contributed by atoms with van der Waals surface area (Å²) in [5.74, 6) is -0.753. The quantitative estimate of drug-likeness (QED) is 0.492. The Labute approximate surface area is 74.3 Å². The smallest absolute Gasteiger partial charge is 0.326 e. The average molecular weight is 193 g/mol. The summed E-state index contributed by atoms with van der Waals surface area (Å²) < 4.78 is 35.6. The highest BCUT2D eigenvalue weighted by atomic mass is 19.4. The van der Waals surface area contributed by atoms with E-state index in [-0.39, 0.29) is 6.54 Å². The van der Waals surface area contributed by atoms with Crippen molar-refractivity contribution in [3.05, 3.63) is 25.3 Å². The van der Waals surface area contributed by atoms with Gasteiger partial charge in [0.15, 0.2) is 0 Å². The molecule has 2 nitrogen and oxygen atoms in total. The van der Waals surface area contributed by atoms with Crippen LogP contribution in [0.15, 0.2) is 25.3 Å². The van der Waals surface area contributed by atoms with E-state index in [2.05, 4.69) is 13.2 Å². The van der Waals surface area contributed by atoms with Crippen molar-refractivity contribution in [3.63, 3.8) is 0 Å². The Morgan fingerprint density at radius 1 is 1.38 bits per heavy atom. The summed E-state index contributed by atoms with van der Waals surface area (Å²) in [6.07, 6.45) is -2.32. The Hall–Kier alpha value is -1.26. The number of halogens is 3. The summed E-state index contributed by atoms with van der Waals surface area (Å²) in [5, 5.41) is 0. The first kappa shape index (κ1) is 11.7. The third-order valence-corrected chi connectivity index (χ3v) is 1.21. The fourth-order valence-electron chi connectivity index (χ4n) is 0.734. The molecule has 0 aliphatic carbocycles. The van der Waals surface area contributed by atoms with Gasteiger partial charge in [-0.05, 0) is 6.08 Å². The molecule has 0 atom stereocenters. The van der Waals surface area contributed by atoms with Crippen LogP contribution in [0, 0.1) is 0 Å². The summed E-state index contributed by atoms with van der Waals surface area (Å²) in [4.78, 5) is 11.5. The van der Waals surface area contributed by atoms with Gasteiger partial charge in [-0.15, -0.1) is 6.58 Å². The van der Waals surface area contributed by atoms with E-state index in [1.807, 2.05) is 0 Å². The monoisotopic (exact) mass is 193 g/mol. The zero-order valence-electron chi connectivity index (χ0n) is 6.97. The van der Waals surface area contributed by atoms with Gasteiger partial charge in [-0.3, -0.25) is 4.79 Å². The lowest BCUT2D eigenvalue weighted by molar-refractivity contribution is -0.157. The van der Waals surface area contributed by atoms with Gasteiger partial charge in [0.1, 0.15) is 6.54 Å². The van der Waals surface area contributed by atoms with Gasteiger partial charge in [-0.1, -0.05) is 12.7 Å². The molecule has 74 valence electrons. The molecule has 0 N–H and O–H groups in total. The van der Waals surface area contributed by atoms with Gasteiger partial charge in [0.05, 0.1) is 0 Å². The number of carbonyl (C=O) groups is 1. The van der Waals surface area contributed by atoms with E-state index in [4.69, 9.17) is 0 Å². The van der Waals surface area contributed by atoms with Crippen LogP contribution >= 0.6 is 0 Å². The van der Waals surface area contributed by atoms with Crippen LogP contribution in [0.4, 0.5) is 13.2 Å². The van der Waals surface area contributed by atoms with Crippen LogP contribution < -0.4 is 0 Å². The second-order valence-electron chi connectivity index (χ2n) is 2.33. The summed E-state index contributed by atoms with van der Waals surface area (Å²) in [7, 11) is 0. The van der Waals surface area contributed by atoms with Crippen molar-refractivity contribution < 1.29 is 18.0 Å². The van der Waals surface area contributed by atoms with Gasteiger partial charge in [-0.2, -0.15) is 13.2 Å². The minimum Gasteiger partial charge on any atom is -0.326 e. The molecule has 0 aliphatic heterocycles. The summed E-state index contributed by atoms with van der Waals surface area (Å²) in [6, 6.07) is 0. The third kappa shape index (κ3) is 5.05. The SMILES string of the molecule is C=CCN(CC(F)(F)F)C(=O)C=C. The molecule has 0 saturated heterocycles. The lowest BCUT2D eigenvalue weighted by Gasteiger charge is -2.20. The van der Waals surface area contributed by atoms with E-state index in [1.54, 1.807) is 0 Å². The molecule has 0 aliphatic rings. The normalized spacial score (nSPS) is 10.7. The molecule has 0 aromatic rings. The van der Waals surface area contributed by atoms with Crippen LogP contribution in [-0.2, 0) is 4.79 Å². The Morgan fingerprint density at radius 3 is 2.23 bits per heavy atom. The van der Waals surface area contributed by atoms with Gasteiger partial charge >= 0.3 is 6.18 Å². The molecule has 13 heavy (non-hydrogen) atoms. The largest absolute Gasteiger partial charge is 0.406 e. The zero-order valence-corrected chi connectivity index (χ0v) is 6.97. The molecule has 0 aromatic carbocycles. The number of amides is 1. The van der Waals surface area contributed by atoms with E-state index in [0.29, 0.717) is 4.90 Å².